The summed E-state index contributed by atoms with van der Waals surface area (Å²) in [5.41, 5.74) is 3.06. The van der Waals surface area contributed by atoms with Gasteiger partial charge in [0.1, 0.15) is 0 Å². The molecule has 2 aromatic carbocycles. The van der Waals surface area contributed by atoms with E-state index in [9.17, 15) is 9.18 Å². The lowest BCUT2D eigenvalue weighted by Gasteiger charge is -2.06. The normalized spacial score (nSPS) is 13.4. The molecule has 0 saturated carbocycles. The molecule has 0 aliphatic heterocycles. The molecule has 0 heterocycles. The van der Waals surface area contributed by atoms with E-state index in [4.69, 9.17) is 11.6 Å². The zero-order chi connectivity index (χ0) is 13.4. The van der Waals surface area contributed by atoms with Gasteiger partial charge in [-0.2, -0.15) is 0 Å². The Labute approximate surface area is 116 Å². The van der Waals surface area contributed by atoms with Crippen molar-refractivity contribution in [3.05, 3.63) is 69.5 Å². The molecule has 1 aliphatic carbocycles. The number of benzene rings is 2. The molecule has 0 atom stereocenters. The third kappa shape index (κ3) is 2.17. The van der Waals surface area contributed by atoms with E-state index >= 15 is 0 Å². The van der Waals surface area contributed by atoms with Crippen molar-refractivity contribution in [3.8, 4) is 0 Å². The Kier molecular flexibility index (Phi) is 3.11. The fraction of sp³-hybridized carbons (Fsp3) is 0.188. The second-order valence-corrected chi connectivity index (χ2v) is 5.17. The Morgan fingerprint density at radius 3 is 2.74 bits per heavy atom. The van der Waals surface area contributed by atoms with E-state index in [-0.39, 0.29) is 16.4 Å². The van der Waals surface area contributed by atoms with Crippen LogP contribution in [0.5, 0.6) is 0 Å². The van der Waals surface area contributed by atoms with Crippen molar-refractivity contribution in [2.45, 2.75) is 19.3 Å². The monoisotopic (exact) mass is 274 g/mol. The minimum absolute atomic E-state index is 0.0213. The lowest BCUT2D eigenvalue weighted by Crippen LogP contribution is -2.05. The van der Waals surface area contributed by atoms with Crippen molar-refractivity contribution in [1.82, 2.24) is 0 Å². The fourth-order valence-corrected chi connectivity index (χ4v) is 2.72. The smallest absolute Gasteiger partial charge is 0.196 e. The van der Waals surface area contributed by atoms with Crippen molar-refractivity contribution >= 4 is 17.4 Å². The Hall–Kier alpha value is -1.67. The molecule has 1 aliphatic rings. The second-order valence-electron chi connectivity index (χ2n) is 4.77. The van der Waals surface area contributed by atoms with Crippen LogP contribution in [-0.4, -0.2) is 5.78 Å². The zero-order valence-corrected chi connectivity index (χ0v) is 11.0. The molecule has 3 rings (SSSR count). The quantitative estimate of drug-likeness (QED) is 0.750. The molecule has 2 aromatic rings. The van der Waals surface area contributed by atoms with Crippen LogP contribution in [0.25, 0.3) is 0 Å². The number of carbonyl (C=O) groups is 1. The molecular formula is C16H12ClFO. The van der Waals surface area contributed by atoms with E-state index in [0.29, 0.717) is 5.56 Å². The first kappa shape index (κ1) is 12.4. The first-order valence-electron chi connectivity index (χ1n) is 6.27. The molecule has 0 spiro atoms. The number of hydrogen-bond donors (Lipinski definition) is 0. The molecule has 0 bridgehead atoms. The summed E-state index contributed by atoms with van der Waals surface area (Å²) in [6, 6.07) is 10.1. The second kappa shape index (κ2) is 4.78. The minimum atomic E-state index is -0.644. The molecule has 0 N–H and O–H groups in total. The Balaban J connectivity index is 2.02. The molecule has 19 heavy (non-hydrogen) atoms. The number of rotatable bonds is 2. The van der Waals surface area contributed by atoms with Crippen LogP contribution in [0.1, 0.15) is 33.5 Å². The molecule has 96 valence electrons. The average molecular weight is 275 g/mol. The van der Waals surface area contributed by atoms with Gasteiger partial charge in [0, 0.05) is 5.56 Å². The highest BCUT2D eigenvalue weighted by atomic mass is 35.5. The van der Waals surface area contributed by atoms with Gasteiger partial charge < -0.3 is 0 Å². The highest BCUT2D eigenvalue weighted by Gasteiger charge is 2.18. The van der Waals surface area contributed by atoms with Gasteiger partial charge in [-0.05, 0) is 48.6 Å². The molecule has 0 unspecified atom stereocenters. The molecule has 0 aromatic heterocycles. The summed E-state index contributed by atoms with van der Waals surface area (Å²) >= 11 is 5.71. The van der Waals surface area contributed by atoms with Gasteiger partial charge >= 0.3 is 0 Å². The lowest BCUT2D eigenvalue weighted by atomic mass is 9.99. The van der Waals surface area contributed by atoms with Gasteiger partial charge in [0.2, 0.25) is 0 Å². The van der Waals surface area contributed by atoms with E-state index in [1.165, 1.54) is 23.3 Å². The first-order valence-corrected chi connectivity index (χ1v) is 6.65. The Morgan fingerprint density at radius 2 is 1.89 bits per heavy atom. The summed E-state index contributed by atoms with van der Waals surface area (Å²) in [5.74, 6) is -0.954. The number of hydrogen-bond acceptors (Lipinski definition) is 1. The van der Waals surface area contributed by atoms with E-state index in [1.54, 1.807) is 12.1 Å². The summed E-state index contributed by atoms with van der Waals surface area (Å²) < 4.78 is 13.9. The SMILES string of the molecule is O=C(c1ccc2c(c1)CCC2)c1cccc(Cl)c1F. The van der Waals surface area contributed by atoms with Gasteiger partial charge in [-0.3, -0.25) is 4.79 Å². The van der Waals surface area contributed by atoms with E-state index in [1.807, 2.05) is 12.1 Å². The summed E-state index contributed by atoms with van der Waals surface area (Å²) in [6.07, 6.45) is 3.18. The summed E-state index contributed by atoms with van der Waals surface area (Å²) in [5, 5.41) is -0.0213. The Morgan fingerprint density at radius 1 is 1.11 bits per heavy atom. The van der Waals surface area contributed by atoms with Crippen LogP contribution < -0.4 is 0 Å². The summed E-state index contributed by atoms with van der Waals surface area (Å²) in [4.78, 5) is 12.3. The van der Waals surface area contributed by atoms with Crippen molar-refractivity contribution in [2.24, 2.45) is 0 Å². The van der Waals surface area contributed by atoms with Gasteiger partial charge in [-0.25, -0.2) is 4.39 Å². The van der Waals surface area contributed by atoms with Gasteiger partial charge in [-0.15, -0.1) is 0 Å². The topological polar surface area (TPSA) is 17.1 Å². The third-order valence-electron chi connectivity index (χ3n) is 3.56. The van der Waals surface area contributed by atoms with E-state index in [0.717, 1.165) is 19.3 Å². The van der Waals surface area contributed by atoms with Crippen molar-refractivity contribution < 1.29 is 9.18 Å². The number of aryl methyl sites for hydroxylation is 2. The molecule has 3 heteroatoms. The van der Waals surface area contributed by atoms with Crippen LogP contribution in [0.15, 0.2) is 36.4 Å². The maximum absolute atomic E-state index is 13.9. The minimum Gasteiger partial charge on any atom is -0.288 e. The van der Waals surface area contributed by atoms with Crippen LogP contribution in [0.4, 0.5) is 4.39 Å². The molecule has 1 nitrogen and oxygen atoms in total. The third-order valence-corrected chi connectivity index (χ3v) is 3.85. The van der Waals surface area contributed by atoms with Gasteiger partial charge in [-0.1, -0.05) is 29.8 Å². The highest BCUT2D eigenvalue weighted by Crippen LogP contribution is 2.25. The molecule has 0 amide bonds. The van der Waals surface area contributed by atoms with Crippen LogP contribution in [0, 0.1) is 5.82 Å². The standard InChI is InChI=1S/C16H12ClFO/c17-14-6-2-5-13(15(14)18)16(19)12-8-7-10-3-1-4-11(10)9-12/h2,5-9H,1,3-4H2. The molecule has 0 saturated heterocycles. The predicted molar refractivity (Wildman–Crippen MR) is 73.3 cm³/mol. The van der Waals surface area contributed by atoms with Gasteiger partial charge in [0.05, 0.1) is 10.6 Å². The zero-order valence-electron chi connectivity index (χ0n) is 10.2. The summed E-state index contributed by atoms with van der Waals surface area (Å²) in [7, 11) is 0. The molecular weight excluding hydrogens is 263 g/mol. The molecule has 0 radical (unpaired) electrons. The Bertz CT molecular complexity index is 664. The summed E-state index contributed by atoms with van der Waals surface area (Å²) in [6.45, 7) is 0. The fourth-order valence-electron chi connectivity index (χ4n) is 2.55. The van der Waals surface area contributed by atoms with Crippen LogP contribution in [0.3, 0.4) is 0 Å². The number of fused-ring (bicyclic) bond motifs is 1. The van der Waals surface area contributed by atoms with Crippen LogP contribution in [-0.2, 0) is 12.8 Å². The highest BCUT2D eigenvalue weighted by molar-refractivity contribution is 6.31. The van der Waals surface area contributed by atoms with E-state index < -0.39 is 5.82 Å². The number of halogens is 2. The number of carbonyl (C=O) groups excluding carboxylic acids is 1. The van der Waals surface area contributed by atoms with Crippen LogP contribution in [0.2, 0.25) is 5.02 Å². The maximum Gasteiger partial charge on any atom is 0.196 e. The van der Waals surface area contributed by atoms with Gasteiger partial charge in [0.25, 0.3) is 0 Å². The van der Waals surface area contributed by atoms with Crippen molar-refractivity contribution in [3.63, 3.8) is 0 Å². The van der Waals surface area contributed by atoms with Crippen molar-refractivity contribution in [1.29, 1.82) is 0 Å². The van der Waals surface area contributed by atoms with Crippen molar-refractivity contribution in [2.75, 3.05) is 0 Å². The molecule has 0 fully saturated rings. The van der Waals surface area contributed by atoms with Gasteiger partial charge in [0.15, 0.2) is 11.6 Å². The number of ketones is 1. The van der Waals surface area contributed by atoms with E-state index in [2.05, 4.69) is 0 Å². The van der Waals surface area contributed by atoms with Crippen LogP contribution >= 0.6 is 11.6 Å². The lowest BCUT2D eigenvalue weighted by molar-refractivity contribution is 0.103. The predicted octanol–water partition coefficient (Wildman–Crippen LogP) is 4.20. The largest absolute Gasteiger partial charge is 0.288 e. The average Bonchev–Trinajstić information content (AvgIpc) is 2.88. The first-order chi connectivity index (χ1) is 9.16. The maximum atomic E-state index is 13.9.